The van der Waals surface area contributed by atoms with Crippen molar-refractivity contribution < 1.29 is 17.9 Å². The van der Waals surface area contributed by atoms with Crippen LogP contribution in [0.4, 0.5) is 4.79 Å². The molecule has 162 valence electrons. The van der Waals surface area contributed by atoms with E-state index in [1.165, 1.54) is 21.3 Å². The van der Waals surface area contributed by atoms with E-state index in [0.717, 1.165) is 10.8 Å². The zero-order valence-corrected chi connectivity index (χ0v) is 19.2. The number of rotatable bonds is 3. The van der Waals surface area contributed by atoms with Gasteiger partial charge in [0.1, 0.15) is 0 Å². The van der Waals surface area contributed by atoms with Crippen molar-refractivity contribution in [2.24, 2.45) is 0 Å². The van der Waals surface area contributed by atoms with Crippen molar-refractivity contribution in [1.29, 1.82) is 0 Å². The third-order valence-corrected chi connectivity index (χ3v) is 7.94. The molecule has 0 N–H and O–H groups in total. The number of ether oxygens (including phenoxy) is 1. The molecule has 0 radical (unpaired) electrons. The molecule has 1 aliphatic heterocycles. The fourth-order valence-corrected chi connectivity index (χ4v) is 5.36. The number of halogens is 3. The molecule has 1 saturated heterocycles. The van der Waals surface area contributed by atoms with E-state index in [4.69, 9.17) is 39.5 Å². The lowest BCUT2D eigenvalue weighted by Crippen LogP contribution is -2.51. The van der Waals surface area contributed by atoms with Crippen LogP contribution in [0.3, 0.4) is 0 Å². The van der Waals surface area contributed by atoms with Crippen LogP contribution in [0.2, 0.25) is 15.1 Å². The molecule has 1 aliphatic rings. The molecular formula is C21H17Cl3N2O4S. The summed E-state index contributed by atoms with van der Waals surface area (Å²) in [7, 11) is -3.68. The average Bonchev–Trinajstić information content (AvgIpc) is 2.77. The van der Waals surface area contributed by atoms with Crippen LogP contribution in [-0.4, -0.2) is 49.9 Å². The highest BCUT2D eigenvalue weighted by molar-refractivity contribution is 7.89. The number of nitrogens with zero attached hydrogens (tertiary/aromatic N) is 2. The fraction of sp³-hybridized carbons (Fsp3) is 0.190. The minimum atomic E-state index is -3.68. The number of carbonyl (C=O) groups excluding carboxylic acids is 1. The van der Waals surface area contributed by atoms with Gasteiger partial charge in [-0.3, -0.25) is 0 Å². The van der Waals surface area contributed by atoms with E-state index in [1.54, 1.807) is 18.2 Å². The van der Waals surface area contributed by atoms with Crippen LogP contribution in [0.5, 0.6) is 5.75 Å². The minimum Gasteiger partial charge on any atom is -0.409 e. The maximum Gasteiger partial charge on any atom is 0.415 e. The number of piperazine rings is 1. The molecule has 6 nitrogen and oxygen atoms in total. The van der Waals surface area contributed by atoms with Crippen LogP contribution in [-0.2, 0) is 10.0 Å². The number of hydrogen-bond donors (Lipinski definition) is 0. The third-order valence-electron chi connectivity index (χ3n) is 5.03. The van der Waals surface area contributed by atoms with Crippen molar-refractivity contribution in [3.63, 3.8) is 0 Å². The summed E-state index contributed by atoms with van der Waals surface area (Å²) in [6, 6.07) is 15.4. The van der Waals surface area contributed by atoms with E-state index in [0.29, 0.717) is 0 Å². The van der Waals surface area contributed by atoms with Crippen LogP contribution >= 0.6 is 34.8 Å². The van der Waals surface area contributed by atoms with E-state index in [2.05, 4.69) is 0 Å². The Morgan fingerprint density at radius 2 is 1.45 bits per heavy atom. The number of fused-ring (bicyclic) bond motifs is 1. The summed E-state index contributed by atoms with van der Waals surface area (Å²) in [5, 5.41) is 2.43. The lowest BCUT2D eigenvalue weighted by molar-refractivity contribution is 0.132. The van der Waals surface area contributed by atoms with Crippen molar-refractivity contribution in [2.75, 3.05) is 26.2 Å². The minimum absolute atomic E-state index is 0.0901. The fourth-order valence-electron chi connectivity index (χ4n) is 3.33. The Morgan fingerprint density at radius 3 is 2.16 bits per heavy atom. The summed E-state index contributed by atoms with van der Waals surface area (Å²) in [5.41, 5.74) is 0. The number of amides is 1. The Labute approximate surface area is 194 Å². The molecule has 1 fully saturated rings. The van der Waals surface area contributed by atoms with Crippen molar-refractivity contribution in [1.82, 2.24) is 9.21 Å². The first kappa shape index (κ1) is 22.2. The van der Waals surface area contributed by atoms with Gasteiger partial charge in [0.2, 0.25) is 10.0 Å². The summed E-state index contributed by atoms with van der Waals surface area (Å²) in [6.45, 7) is 0.675. The van der Waals surface area contributed by atoms with E-state index in [1.807, 2.05) is 24.3 Å². The van der Waals surface area contributed by atoms with Crippen LogP contribution in [0.1, 0.15) is 0 Å². The summed E-state index contributed by atoms with van der Waals surface area (Å²) >= 11 is 17.9. The quantitative estimate of drug-likeness (QED) is 0.458. The van der Waals surface area contributed by atoms with Gasteiger partial charge < -0.3 is 9.64 Å². The van der Waals surface area contributed by atoms with E-state index in [-0.39, 0.29) is 51.9 Å². The topological polar surface area (TPSA) is 66.9 Å². The van der Waals surface area contributed by atoms with E-state index >= 15 is 0 Å². The molecule has 0 bridgehead atoms. The molecule has 0 spiro atoms. The Balaban J connectivity index is 1.44. The number of hydrogen-bond acceptors (Lipinski definition) is 4. The summed E-state index contributed by atoms with van der Waals surface area (Å²) in [5.74, 6) is 0.0901. The predicted octanol–water partition coefficient (Wildman–Crippen LogP) is 5.31. The Bertz CT molecular complexity index is 1260. The van der Waals surface area contributed by atoms with E-state index < -0.39 is 16.1 Å². The highest BCUT2D eigenvalue weighted by atomic mass is 35.5. The van der Waals surface area contributed by atoms with Gasteiger partial charge in [-0.25, -0.2) is 13.2 Å². The smallest absolute Gasteiger partial charge is 0.409 e. The first-order chi connectivity index (χ1) is 14.8. The van der Waals surface area contributed by atoms with Gasteiger partial charge in [0.25, 0.3) is 0 Å². The highest BCUT2D eigenvalue weighted by Gasteiger charge is 2.31. The Hall–Kier alpha value is -2.03. The number of sulfonamides is 1. The molecule has 0 saturated carbocycles. The third kappa shape index (κ3) is 4.61. The zero-order chi connectivity index (χ0) is 22.2. The molecule has 4 rings (SSSR count). The van der Waals surface area contributed by atoms with Crippen molar-refractivity contribution in [3.05, 3.63) is 69.7 Å². The largest absolute Gasteiger partial charge is 0.415 e. The normalized spacial score (nSPS) is 15.3. The second-order valence-electron chi connectivity index (χ2n) is 6.96. The van der Waals surface area contributed by atoms with Gasteiger partial charge in [-0.15, -0.1) is 0 Å². The SMILES string of the molecule is O=C(Oc1cc(Cl)c(Cl)cc1Cl)N1CCN(S(=O)(=O)c2ccc3ccccc3c2)CC1. The van der Waals surface area contributed by atoms with Gasteiger partial charge in [-0.05, 0) is 29.0 Å². The molecule has 31 heavy (non-hydrogen) atoms. The summed E-state index contributed by atoms with van der Waals surface area (Å²) < 4.78 is 32.8. The molecule has 0 aliphatic carbocycles. The van der Waals surface area contributed by atoms with E-state index in [9.17, 15) is 13.2 Å². The van der Waals surface area contributed by atoms with Gasteiger partial charge in [-0.1, -0.05) is 65.1 Å². The maximum absolute atomic E-state index is 13.1. The monoisotopic (exact) mass is 498 g/mol. The average molecular weight is 500 g/mol. The van der Waals surface area contributed by atoms with Crippen molar-refractivity contribution in [3.8, 4) is 5.75 Å². The zero-order valence-electron chi connectivity index (χ0n) is 16.1. The molecule has 1 heterocycles. The van der Waals surface area contributed by atoms with Gasteiger partial charge in [0.05, 0.1) is 20.0 Å². The first-order valence-electron chi connectivity index (χ1n) is 9.36. The van der Waals surface area contributed by atoms with Crippen LogP contribution in [0.25, 0.3) is 10.8 Å². The van der Waals surface area contributed by atoms with Gasteiger partial charge in [-0.2, -0.15) is 4.31 Å². The molecule has 0 unspecified atom stereocenters. The second kappa shape index (κ2) is 8.84. The van der Waals surface area contributed by atoms with Gasteiger partial charge in [0, 0.05) is 32.2 Å². The van der Waals surface area contributed by atoms with Crippen LogP contribution < -0.4 is 4.74 Å². The molecule has 10 heteroatoms. The predicted molar refractivity (Wildman–Crippen MR) is 122 cm³/mol. The molecule has 0 atom stereocenters. The summed E-state index contributed by atoms with van der Waals surface area (Å²) in [4.78, 5) is 14.1. The molecule has 3 aromatic carbocycles. The second-order valence-corrected chi connectivity index (χ2v) is 10.1. The molecular weight excluding hydrogens is 483 g/mol. The Kier molecular flexibility index (Phi) is 6.32. The number of benzene rings is 3. The summed E-state index contributed by atoms with van der Waals surface area (Å²) in [6.07, 6.45) is -0.636. The molecule has 1 amide bonds. The lowest BCUT2D eigenvalue weighted by Gasteiger charge is -2.33. The van der Waals surface area contributed by atoms with Gasteiger partial charge in [0.15, 0.2) is 5.75 Å². The van der Waals surface area contributed by atoms with Crippen molar-refractivity contribution in [2.45, 2.75) is 4.90 Å². The standard InChI is InChI=1S/C21H17Cl3N2O4S/c22-17-12-19(24)20(13-18(17)23)30-21(27)25-7-9-26(10-8-25)31(28,29)16-6-5-14-3-1-2-4-15(14)11-16/h1-6,11-13H,7-10H2. The first-order valence-corrected chi connectivity index (χ1v) is 11.9. The molecule has 3 aromatic rings. The van der Waals surface area contributed by atoms with Gasteiger partial charge >= 0.3 is 6.09 Å². The van der Waals surface area contributed by atoms with Crippen LogP contribution in [0, 0.1) is 0 Å². The van der Waals surface area contributed by atoms with Crippen LogP contribution in [0.15, 0.2) is 59.5 Å². The number of carbonyl (C=O) groups is 1. The maximum atomic E-state index is 13.1. The highest BCUT2D eigenvalue weighted by Crippen LogP contribution is 2.34. The lowest BCUT2D eigenvalue weighted by atomic mass is 10.1. The molecule has 0 aromatic heterocycles. The Morgan fingerprint density at radius 1 is 0.806 bits per heavy atom. The van der Waals surface area contributed by atoms with Crippen molar-refractivity contribution >= 4 is 61.7 Å².